The molecule has 0 radical (unpaired) electrons. The van der Waals surface area contributed by atoms with E-state index < -0.39 is 30.1 Å². The number of likely N-dealkylation sites (tertiary alicyclic amines) is 1. The zero-order valence-corrected chi connectivity index (χ0v) is 19.8. The Balaban J connectivity index is 1.66. The summed E-state index contributed by atoms with van der Waals surface area (Å²) < 4.78 is 27.4. The molecule has 8 nitrogen and oxygen atoms in total. The van der Waals surface area contributed by atoms with Gasteiger partial charge in [-0.15, -0.1) is 0 Å². The van der Waals surface area contributed by atoms with Crippen molar-refractivity contribution in [2.75, 3.05) is 25.5 Å². The number of carbonyl (C=O) groups excluding carboxylic acids is 1. The first-order valence-electron chi connectivity index (χ1n) is 11.0. The van der Waals surface area contributed by atoms with E-state index in [4.69, 9.17) is 16.6 Å². The molecule has 1 saturated heterocycles. The summed E-state index contributed by atoms with van der Waals surface area (Å²) in [5, 5.41) is 12.7. The van der Waals surface area contributed by atoms with Gasteiger partial charge >= 0.3 is 5.97 Å². The molecule has 0 aromatic carbocycles. The second kappa shape index (κ2) is 9.07. The van der Waals surface area contributed by atoms with E-state index in [1.54, 1.807) is 11.9 Å². The molecule has 2 aliphatic heterocycles. The standard InChI is InChI=1S/C23H26ClF2N5O3/c1-12-10-14(13(2)27-16-4-5-17(24)28-19(16)21(33)34)18-15(11-12)20(32)30(3)22(29-18)31-8-6-23(25,26)7-9-31/h4-5,10-11,13,15,22,27H,6-9H2,1-3H3,(H,33,34)/t13-,15?,22?/m1/s1. The molecule has 4 rings (SSSR count). The van der Waals surface area contributed by atoms with Crippen LogP contribution in [0.2, 0.25) is 5.15 Å². The maximum absolute atomic E-state index is 13.7. The largest absolute Gasteiger partial charge is 0.476 e. The van der Waals surface area contributed by atoms with Gasteiger partial charge in [0.1, 0.15) is 5.15 Å². The summed E-state index contributed by atoms with van der Waals surface area (Å²) in [5.41, 5.74) is 2.22. The fourth-order valence-corrected chi connectivity index (χ4v) is 4.70. The molecular formula is C23H26ClF2N5O3. The third-order valence-electron chi connectivity index (χ3n) is 6.38. The number of carbonyl (C=O) groups is 2. The summed E-state index contributed by atoms with van der Waals surface area (Å²) in [4.78, 5) is 37.0. The van der Waals surface area contributed by atoms with Gasteiger partial charge in [-0.2, -0.15) is 0 Å². The van der Waals surface area contributed by atoms with Crippen molar-refractivity contribution in [3.05, 3.63) is 46.3 Å². The summed E-state index contributed by atoms with van der Waals surface area (Å²) in [6, 6.07) is 2.61. The van der Waals surface area contributed by atoms with Crippen LogP contribution in [0.25, 0.3) is 0 Å². The minimum Gasteiger partial charge on any atom is -0.476 e. The predicted molar refractivity (Wildman–Crippen MR) is 124 cm³/mol. The number of halogens is 3. The summed E-state index contributed by atoms with van der Waals surface area (Å²) in [6.07, 6.45) is 2.50. The van der Waals surface area contributed by atoms with Gasteiger partial charge in [0.15, 0.2) is 12.0 Å². The number of aliphatic imine (C=N–C) groups is 1. The van der Waals surface area contributed by atoms with E-state index in [1.165, 1.54) is 17.0 Å². The maximum atomic E-state index is 13.7. The van der Waals surface area contributed by atoms with Gasteiger partial charge in [0.2, 0.25) is 5.91 Å². The van der Waals surface area contributed by atoms with E-state index in [-0.39, 0.29) is 48.4 Å². The Hall–Kier alpha value is -2.85. The molecule has 3 aliphatic rings. The lowest BCUT2D eigenvalue weighted by atomic mass is 9.83. The van der Waals surface area contributed by atoms with Gasteiger partial charge in [-0.05, 0) is 31.6 Å². The van der Waals surface area contributed by atoms with Crippen molar-refractivity contribution < 1.29 is 23.5 Å². The number of hydrogen-bond donors (Lipinski definition) is 2. The highest BCUT2D eigenvalue weighted by Gasteiger charge is 2.43. The zero-order valence-electron chi connectivity index (χ0n) is 19.1. The van der Waals surface area contributed by atoms with Crippen molar-refractivity contribution >= 4 is 34.9 Å². The lowest BCUT2D eigenvalue weighted by Gasteiger charge is -2.44. The molecule has 0 bridgehead atoms. The highest BCUT2D eigenvalue weighted by atomic mass is 35.5. The van der Waals surface area contributed by atoms with Crippen molar-refractivity contribution in [2.24, 2.45) is 10.9 Å². The van der Waals surface area contributed by atoms with E-state index >= 15 is 0 Å². The number of amides is 1. The van der Waals surface area contributed by atoms with Crippen molar-refractivity contribution in [3.63, 3.8) is 0 Å². The zero-order chi connectivity index (χ0) is 24.8. The third kappa shape index (κ3) is 4.69. The summed E-state index contributed by atoms with van der Waals surface area (Å²) in [6.45, 7) is 3.99. The van der Waals surface area contributed by atoms with E-state index in [1.807, 2.05) is 26.0 Å². The number of allylic oxidation sites excluding steroid dienone is 2. The van der Waals surface area contributed by atoms with Gasteiger partial charge in [-0.3, -0.25) is 9.69 Å². The van der Waals surface area contributed by atoms with Crippen molar-refractivity contribution in [1.29, 1.82) is 0 Å². The van der Waals surface area contributed by atoms with Crippen molar-refractivity contribution in [1.82, 2.24) is 14.8 Å². The van der Waals surface area contributed by atoms with Crippen LogP contribution in [0.4, 0.5) is 14.5 Å². The number of aromatic nitrogens is 1. The Bertz CT molecular complexity index is 1110. The second-order valence-corrected chi connectivity index (χ2v) is 9.28. The quantitative estimate of drug-likeness (QED) is 0.607. The molecule has 2 N–H and O–H groups in total. The van der Waals surface area contributed by atoms with Gasteiger partial charge in [0, 0.05) is 33.0 Å². The highest BCUT2D eigenvalue weighted by molar-refractivity contribution is 6.29. The average Bonchev–Trinajstić information content (AvgIpc) is 2.77. The molecule has 1 amide bonds. The number of aromatic carboxylic acids is 1. The van der Waals surface area contributed by atoms with Gasteiger partial charge in [0.25, 0.3) is 5.92 Å². The molecule has 3 atom stereocenters. The molecule has 0 saturated carbocycles. The molecule has 182 valence electrons. The second-order valence-electron chi connectivity index (χ2n) is 8.89. The van der Waals surface area contributed by atoms with Crippen LogP contribution in [-0.4, -0.2) is 75.9 Å². The first-order valence-corrected chi connectivity index (χ1v) is 11.4. The van der Waals surface area contributed by atoms with Crippen LogP contribution in [0.3, 0.4) is 0 Å². The first-order chi connectivity index (χ1) is 16.0. The average molecular weight is 494 g/mol. The number of carboxylic acids is 1. The highest BCUT2D eigenvalue weighted by Crippen LogP contribution is 2.34. The summed E-state index contributed by atoms with van der Waals surface area (Å²) in [7, 11) is 1.64. The fraction of sp³-hybridized carbons (Fsp3) is 0.478. The number of carboxylic acid groups (broad SMARTS) is 1. The van der Waals surface area contributed by atoms with Gasteiger partial charge in [-0.1, -0.05) is 29.3 Å². The van der Waals surface area contributed by atoms with Crippen molar-refractivity contribution in [3.8, 4) is 0 Å². The topological polar surface area (TPSA) is 98.1 Å². The number of hydrogen-bond acceptors (Lipinski definition) is 6. The molecule has 1 aromatic heterocycles. The minimum absolute atomic E-state index is 0.0616. The van der Waals surface area contributed by atoms with E-state index in [9.17, 15) is 23.5 Å². The molecule has 0 spiro atoms. The molecule has 1 fully saturated rings. The van der Waals surface area contributed by atoms with Gasteiger partial charge in [0.05, 0.1) is 23.4 Å². The number of anilines is 1. The van der Waals surface area contributed by atoms with Crippen LogP contribution < -0.4 is 5.32 Å². The normalized spacial score (nSPS) is 25.6. The van der Waals surface area contributed by atoms with Gasteiger partial charge < -0.3 is 15.3 Å². The molecule has 34 heavy (non-hydrogen) atoms. The number of pyridine rings is 1. The van der Waals surface area contributed by atoms with Crippen LogP contribution in [-0.2, 0) is 4.79 Å². The smallest absolute Gasteiger partial charge is 0.356 e. The molecule has 2 unspecified atom stereocenters. The lowest BCUT2D eigenvalue weighted by molar-refractivity contribution is -0.140. The van der Waals surface area contributed by atoms with Crippen LogP contribution >= 0.6 is 11.6 Å². The Morgan fingerprint density at radius 2 is 2.00 bits per heavy atom. The number of nitrogens with zero attached hydrogens (tertiary/aromatic N) is 4. The van der Waals surface area contributed by atoms with Crippen LogP contribution in [0, 0.1) is 5.92 Å². The van der Waals surface area contributed by atoms with E-state index in [2.05, 4.69) is 10.3 Å². The molecule has 1 aromatic rings. The summed E-state index contributed by atoms with van der Waals surface area (Å²) >= 11 is 5.86. The SMILES string of the molecule is CC1=CC2C(=O)N(C)C(N3CCC(F)(F)CC3)N=C2C([C@@H](C)Nc2ccc(Cl)nc2C(=O)O)=C1. The number of nitrogens with one attached hydrogen (secondary N) is 1. The molecule has 3 heterocycles. The lowest BCUT2D eigenvalue weighted by Crippen LogP contribution is -2.57. The monoisotopic (exact) mass is 493 g/mol. The Morgan fingerprint density at radius 3 is 2.65 bits per heavy atom. The molecule has 11 heteroatoms. The van der Waals surface area contributed by atoms with E-state index in [0.717, 1.165) is 11.1 Å². The van der Waals surface area contributed by atoms with Crippen LogP contribution in [0.15, 0.2) is 40.4 Å². The minimum atomic E-state index is -2.70. The number of piperidine rings is 1. The Kier molecular flexibility index (Phi) is 6.48. The molecular weight excluding hydrogens is 468 g/mol. The number of alkyl halides is 2. The van der Waals surface area contributed by atoms with Crippen LogP contribution in [0.1, 0.15) is 37.2 Å². The van der Waals surface area contributed by atoms with E-state index in [0.29, 0.717) is 5.71 Å². The first kappa shape index (κ1) is 24.3. The van der Waals surface area contributed by atoms with Crippen molar-refractivity contribution in [2.45, 2.75) is 44.9 Å². The van der Waals surface area contributed by atoms with Crippen LogP contribution in [0.5, 0.6) is 0 Å². The Labute approximate surface area is 201 Å². The van der Waals surface area contributed by atoms with Gasteiger partial charge in [-0.25, -0.2) is 23.6 Å². The third-order valence-corrected chi connectivity index (χ3v) is 6.59. The Morgan fingerprint density at radius 1 is 1.32 bits per heavy atom. The summed E-state index contributed by atoms with van der Waals surface area (Å²) in [5.74, 6) is -4.69. The number of fused-ring (bicyclic) bond motifs is 1. The molecule has 1 aliphatic carbocycles. The number of rotatable bonds is 5. The maximum Gasteiger partial charge on any atom is 0.356 e. The fourth-order valence-electron chi connectivity index (χ4n) is 4.56. The predicted octanol–water partition coefficient (Wildman–Crippen LogP) is 3.66.